The quantitative estimate of drug-likeness (QED) is 0.560. The SMILES string of the molecule is C=CC1=C(C=C)[N+](C)(C=C)CC1. The van der Waals surface area contributed by atoms with Crippen LogP contribution in [-0.4, -0.2) is 18.1 Å². The van der Waals surface area contributed by atoms with E-state index in [2.05, 4.69) is 26.8 Å². The van der Waals surface area contributed by atoms with Gasteiger partial charge in [-0.2, -0.15) is 0 Å². The van der Waals surface area contributed by atoms with Crippen LogP contribution in [0.3, 0.4) is 0 Å². The van der Waals surface area contributed by atoms with Crippen molar-refractivity contribution in [1.29, 1.82) is 0 Å². The molecule has 0 amide bonds. The van der Waals surface area contributed by atoms with Crippen LogP contribution in [0.5, 0.6) is 0 Å². The summed E-state index contributed by atoms with van der Waals surface area (Å²) < 4.78 is 0.783. The Morgan fingerprint density at radius 1 is 1.25 bits per heavy atom. The van der Waals surface area contributed by atoms with Gasteiger partial charge in [0.2, 0.25) is 0 Å². The summed E-state index contributed by atoms with van der Waals surface area (Å²) in [5.74, 6) is 0. The predicted octanol–water partition coefficient (Wildman–Crippen LogP) is 2.61. The van der Waals surface area contributed by atoms with Crippen molar-refractivity contribution >= 4 is 0 Å². The van der Waals surface area contributed by atoms with Gasteiger partial charge in [0.05, 0.1) is 19.8 Å². The predicted molar refractivity (Wildman–Crippen MR) is 53.3 cm³/mol. The highest BCUT2D eigenvalue weighted by Gasteiger charge is 2.31. The smallest absolute Gasteiger partial charge is 0.140 e. The Kier molecular flexibility index (Phi) is 2.34. The van der Waals surface area contributed by atoms with Gasteiger partial charge in [0, 0.05) is 12.0 Å². The lowest BCUT2D eigenvalue weighted by atomic mass is 10.2. The number of quaternary nitrogens is 1. The molecule has 0 bridgehead atoms. The summed E-state index contributed by atoms with van der Waals surface area (Å²) in [6, 6.07) is 0. The molecule has 0 N–H and O–H groups in total. The van der Waals surface area contributed by atoms with Crippen LogP contribution in [0.4, 0.5) is 0 Å². The van der Waals surface area contributed by atoms with Crippen LogP contribution in [0.1, 0.15) is 6.42 Å². The third-order valence-corrected chi connectivity index (χ3v) is 2.57. The van der Waals surface area contributed by atoms with Crippen molar-refractivity contribution in [3.8, 4) is 0 Å². The van der Waals surface area contributed by atoms with E-state index in [-0.39, 0.29) is 0 Å². The number of nitrogens with zero attached hydrogens (tertiary/aromatic N) is 1. The molecular formula is C11H16N+. The van der Waals surface area contributed by atoms with Gasteiger partial charge < -0.3 is 0 Å². The Morgan fingerprint density at radius 3 is 2.33 bits per heavy atom. The van der Waals surface area contributed by atoms with E-state index < -0.39 is 0 Å². The summed E-state index contributed by atoms with van der Waals surface area (Å²) in [7, 11) is 2.14. The van der Waals surface area contributed by atoms with Crippen molar-refractivity contribution in [2.45, 2.75) is 6.42 Å². The number of rotatable bonds is 3. The lowest BCUT2D eigenvalue weighted by Crippen LogP contribution is -2.33. The molecule has 1 heteroatoms. The molecule has 1 atom stereocenters. The standard InChI is InChI=1S/C11H16N/c1-5-10-8-9-12(4,7-3)11(10)6-2/h5-7H,1-3,8-9H2,4H3/q+1. The Balaban J connectivity index is 3.14. The van der Waals surface area contributed by atoms with Gasteiger partial charge in [0.25, 0.3) is 0 Å². The first-order valence-corrected chi connectivity index (χ1v) is 4.15. The molecule has 1 nitrogen and oxygen atoms in total. The van der Waals surface area contributed by atoms with E-state index in [1.54, 1.807) is 0 Å². The van der Waals surface area contributed by atoms with E-state index in [4.69, 9.17) is 0 Å². The van der Waals surface area contributed by atoms with Crippen molar-refractivity contribution < 1.29 is 4.48 Å². The molecule has 0 spiro atoms. The van der Waals surface area contributed by atoms with E-state index in [1.165, 1.54) is 11.3 Å². The highest BCUT2D eigenvalue weighted by Crippen LogP contribution is 2.30. The first-order chi connectivity index (χ1) is 5.68. The Morgan fingerprint density at radius 2 is 1.92 bits per heavy atom. The second-order valence-corrected chi connectivity index (χ2v) is 3.24. The second-order valence-electron chi connectivity index (χ2n) is 3.24. The van der Waals surface area contributed by atoms with E-state index in [0.29, 0.717) is 0 Å². The molecule has 0 saturated heterocycles. The molecule has 0 radical (unpaired) electrons. The lowest BCUT2D eigenvalue weighted by Gasteiger charge is -2.25. The molecule has 1 aliphatic heterocycles. The van der Waals surface area contributed by atoms with Crippen LogP contribution in [0.15, 0.2) is 49.4 Å². The van der Waals surface area contributed by atoms with Crippen LogP contribution in [0.25, 0.3) is 0 Å². The van der Waals surface area contributed by atoms with Crippen molar-refractivity contribution in [3.63, 3.8) is 0 Å². The molecular weight excluding hydrogens is 146 g/mol. The zero-order chi connectivity index (χ0) is 9.19. The number of likely N-dealkylation sites (N-methyl/N-ethyl adjacent to an activating group) is 1. The summed E-state index contributed by atoms with van der Waals surface area (Å²) in [5, 5.41) is 0. The molecule has 0 aromatic heterocycles. The summed E-state index contributed by atoms with van der Waals surface area (Å²) >= 11 is 0. The van der Waals surface area contributed by atoms with Crippen molar-refractivity contribution in [2.24, 2.45) is 0 Å². The zero-order valence-corrected chi connectivity index (χ0v) is 7.71. The van der Waals surface area contributed by atoms with Crippen LogP contribution in [0, 0.1) is 0 Å². The van der Waals surface area contributed by atoms with Gasteiger partial charge in [-0.05, 0) is 12.7 Å². The van der Waals surface area contributed by atoms with Crippen LogP contribution in [-0.2, 0) is 0 Å². The number of hydrogen-bond donors (Lipinski definition) is 0. The number of hydrogen-bond acceptors (Lipinski definition) is 0. The van der Waals surface area contributed by atoms with E-state index in [0.717, 1.165) is 17.4 Å². The minimum absolute atomic E-state index is 0.783. The molecule has 1 rings (SSSR count). The van der Waals surface area contributed by atoms with E-state index >= 15 is 0 Å². The van der Waals surface area contributed by atoms with E-state index in [1.807, 2.05) is 18.4 Å². The fraction of sp³-hybridized carbons (Fsp3) is 0.273. The molecule has 0 aliphatic carbocycles. The monoisotopic (exact) mass is 162 g/mol. The van der Waals surface area contributed by atoms with Gasteiger partial charge in [0.15, 0.2) is 0 Å². The molecule has 0 fully saturated rings. The molecule has 12 heavy (non-hydrogen) atoms. The Bertz CT molecular complexity index is 260. The van der Waals surface area contributed by atoms with Crippen LogP contribution < -0.4 is 0 Å². The summed E-state index contributed by atoms with van der Waals surface area (Å²) in [4.78, 5) is 0. The van der Waals surface area contributed by atoms with Crippen molar-refractivity contribution in [3.05, 3.63) is 49.4 Å². The van der Waals surface area contributed by atoms with Gasteiger partial charge >= 0.3 is 0 Å². The molecule has 0 saturated carbocycles. The summed E-state index contributed by atoms with van der Waals surface area (Å²) in [5.41, 5.74) is 2.53. The Hall–Kier alpha value is -1.08. The average molecular weight is 162 g/mol. The zero-order valence-electron chi connectivity index (χ0n) is 7.71. The Labute approximate surface area is 74.6 Å². The third kappa shape index (κ3) is 1.16. The maximum Gasteiger partial charge on any atom is 0.140 e. The molecule has 0 aromatic rings. The van der Waals surface area contributed by atoms with Gasteiger partial charge in [0.1, 0.15) is 5.70 Å². The molecule has 1 aliphatic rings. The van der Waals surface area contributed by atoms with Crippen LogP contribution >= 0.6 is 0 Å². The maximum absolute atomic E-state index is 3.84. The fourth-order valence-corrected chi connectivity index (χ4v) is 1.67. The topological polar surface area (TPSA) is 0 Å². The van der Waals surface area contributed by atoms with Crippen molar-refractivity contribution in [1.82, 2.24) is 0 Å². The third-order valence-electron chi connectivity index (χ3n) is 2.57. The van der Waals surface area contributed by atoms with Gasteiger partial charge in [-0.1, -0.05) is 19.2 Å². The second kappa shape index (κ2) is 3.11. The largest absolute Gasteiger partial charge is 0.267 e. The van der Waals surface area contributed by atoms with Crippen LogP contribution in [0.2, 0.25) is 0 Å². The molecule has 0 aromatic carbocycles. The fourth-order valence-electron chi connectivity index (χ4n) is 1.67. The first-order valence-electron chi connectivity index (χ1n) is 4.15. The van der Waals surface area contributed by atoms with Gasteiger partial charge in [-0.15, -0.1) is 0 Å². The lowest BCUT2D eigenvalue weighted by molar-refractivity contribution is -0.810. The highest BCUT2D eigenvalue weighted by atomic mass is 15.3. The first kappa shape index (κ1) is 9.01. The minimum Gasteiger partial charge on any atom is -0.267 e. The van der Waals surface area contributed by atoms with Crippen molar-refractivity contribution in [2.75, 3.05) is 13.6 Å². The normalized spacial score (nSPS) is 28.8. The average Bonchev–Trinajstić information content (AvgIpc) is 2.43. The molecule has 64 valence electrons. The maximum atomic E-state index is 3.84. The van der Waals surface area contributed by atoms with Gasteiger partial charge in [-0.3, -0.25) is 4.48 Å². The summed E-state index contributed by atoms with van der Waals surface area (Å²) in [6.07, 6.45) is 6.86. The van der Waals surface area contributed by atoms with E-state index in [9.17, 15) is 0 Å². The molecule has 1 heterocycles. The number of allylic oxidation sites excluding steroid dienone is 2. The molecule has 1 unspecified atom stereocenters. The van der Waals surface area contributed by atoms with Gasteiger partial charge in [-0.25, -0.2) is 0 Å². The summed E-state index contributed by atoms with van der Waals surface area (Å²) in [6.45, 7) is 12.5. The highest BCUT2D eigenvalue weighted by molar-refractivity contribution is 5.30. The minimum atomic E-state index is 0.783.